The van der Waals surface area contributed by atoms with Crippen molar-refractivity contribution in [3.8, 4) is 0 Å². The van der Waals surface area contributed by atoms with Crippen molar-refractivity contribution in [3.05, 3.63) is 65.6 Å². The summed E-state index contributed by atoms with van der Waals surface area (Å²) in [7, 11) is 0. The van der Waals surface area contributed by atoms with E-state index in [4.69, 9.17) is 4.99 Å². The van der Waals surface area contributed by atoms with Crippen molar-refractivity contribution in [1.82, 2.24) is 25.2 Å². The number of nitrogens with one attached hydrogen (secondary N) is 2. The number of hydrogen-bond acceptors (Lipinski definition) is 3. The molecule has 27 heavy (non-hydrogen) atoms. The van der Waals surface area contributed by atoms with Crippen LogP contribution in [0.3, 0.4) is 0 Å². The monoisotopic (exact) mass is 364 g/mol. The fourth-order valence-electron chi connectivity index (χ4n) is 3.08. The van der Waals surface area contributed by atoms with Crippen molar-refractivity contribution in [2.24, 2.45) is 4.99 Å². The van der Waals surface area contributed by atoms with Crippen LogP contribution in [0.15, 0.2) is 53.7 Å². The Hall–Kier alpha value is -2.89. The number of hydrogen-bond donors (Lipinski definition) is 2. The lowest BCUT2D eigenvalue weighted by molar-refractivity contribution is 0.714. The van der Waals surface area contributed by atoms with Gasteiger partial charge in [-0.1, -0.05) is 37.3 Å². The molecule has 3 rings (SSSR count). The number of fused-ring (bicyclic) bond motifs is 1. The zero-order valence-electron chi connectivity index (χ0n) is 16.2. The lowest BCUT2D eigenvalue weighted by atomic mass is 10.1. The summed E-state index contributed by atoms with van der Waals surface area (Å²) in [6.07, 6.45) is 4.87. The van der Waals surface area contributed by atoms with E-state index < -0.39 is 0 Å². The van der Waals surface area contributed by atoms with E-state index in [1.54, 1.807) is 0 Å². The molecule has 0 saturated heterocycles. The molecule has 0 amide bonds. The zero-order chi connectivity index (χ0) is 18.9. The minimum Gasteiger partial charge on any atom is -0.357 e. The molecule has 2 heterocycles. The first-order valence-electron chi connectivity index (χ1n) is 9.69. The predicted octanol–water partition coefficient (Wildman–Crippen LogP) is 2.98. The molecule has 0 bridgehead atoms. The third kappa shape index (κ3) is 5.06. The van der Waals surface area contributed by atoms with Crippen molar-refractivity contribution in [2.75, 3.05) is 13.1 Å². The van der Waals surface area contributed by atoms with E-state index in [2.05, 4.69) is 58.9 Å². The van der Waals surface area contributed by atoms with Crippen LogP contribution in [0.2, 0.25) is 0 Å². The van der Waals surface area contributed by atoms with Crippen LogP contribution in [0.5, 0.6) is 0 Å². The maximum absolute atomic E-state index is 4.74. The summed E-state index contributed by atoms with van der Waals surface area (Å²) >= 11 is 0. The second kappa shape index (κ2) is 9.71. The number of benzene rings is 1. The van der Waals surface area contributed by atoms with Crippen molar-refractivity contribution in [2.45, 2.75) is 39.7 Å². The maximum Gasteiger partial charge on any atom is 0.191 e. The Morgan fingerprint density at radius 1 is 1.00 bits per heavy atom. The van der Waals surface area contributed by atoms with Gasteiger partial charge in [0.05, 0.1) is 6.54 Å². The first-order chi connectivity index (χ1) is 13.3. The van der Waals surface area contributed by atoms with Crippen LogP contribution in [0, 0.1) is 0 Å². The van der Waals surface area contributed by atoms with Gasteiger partial charge in [0, 0.05) is 25.7 Å². The summed E-state index contributed by atoms with van der Waals surface area (Å²) < 4.78 is 2.04. The van der Waals surface area contributed by atoms with E-state index in [1.165, 1.54) is 11.1 Å². The molecule has 3 aromatic rings. The summed E-state index contributed by atoms with van der Waals surface area (Å²) in [6, 6.07) is 14.4. The SMILES string of the molecule is CCNC(=NCc1ccccc1CC)NCCCc1nnc2ccccn12. The van der Waals surface area contributed by atoms with Gasteiger partial charge < -0.3 is 10.6 Å². The molecular weight excluding hydrogens is 336 g/mol. The van der Waals surface area contributed by atoms with E-state index in [-0.39, 0.29) is 0 Å². The topological polar surface area (TPSA) is 66.6 Å². The first-order valence-corrected chi connectivity index (χ1v) is 9.69. The number of aryl methyl sites for hydroxylation is 2. The minimum atomic E-state index is 0.689. The van der Waals surface area contributed by atoms with Crippen LogP contribution < -0.4 is 10.6 Å². The standard InChI is InChI=1S/C21H28N6/c1-3-17-10-5-6-11-18(17)16-24-21(22-4-2)23-14-9-13-20-26-25-19-12-7-8-15-27(19)20/h5-8,10-12,15H,3-4,9,13-14,16H2,1-2H3,(H2,22,23,24). The number of aliphatic imine (C=N–C) groups is 1. The summed E-state index contributed by atoms with van der Waals surface area (Å²) in [6.45, 7) is 6.63. The average molecular weight is 364 g/mol. The van der Waals surface area contributed by atoms with Crippen LogP contribution in [-0.4, -0.2) is 33.6 Å². The fraction of sp³-hybridized carbons (Fsp3) is 0.381. The summed E-state index contributed by atoms with van der Waals surface area (Å²) in [5.74, 6) is 1.85. The number of rotatable bonds is 8. The number of pyridine rings is 1. The number of nitrogens with zero attached hydrogens (tertiary/aromatic N) is 4. The Morgan fingerprint density at radius 3 is 2.63 bits per heavy atom. The van der Waals surface area contributed by atoms with Gasteiger partial charge in [0.2, 0.25) is 0 Å². The molecule has 0 aliphatic rings. The average Bonchev–Trinajstić information content (AvgIpc) is 3.12. The molecule has 0 fully saturated rings. The number of aromatic nitrogens is 3. The highest BCUT2D eigenvalue weighted by Crippen LogP contribution is 2.10. The van der Waals surface area contributed by atoms with E-state index >= 15 is 0 Å². The van der Waals surface area contributed by atoms with Crippen LogP contribution in [0.1, 0.15) is 37.2 Å². The highest BCUT2D eigenvalue weighted by Gasteiger charge is 2.05. The largest absolute Gasteiger partial charge is 0.357 e. The Bertz CT molecular complexity index is 883. The van der Waals surface area contributed by atoms with Crippen molar-refractivity contribution in [1.29, 1.82) is 0 Å². The van der Waals surface area contributed by atoms with E-state index in [0.717, 1.165) is 49.8 Å². The molecule has 0 spiro atoms. The third-order valence-electron chi connectivity index (χ3n) is 4.50. The Balaban J connectivity index is 1.53. The van der Waals surface area contributed by atoms with Gasteiger partial charge in [-0.2, -0.15) is 0 Å². The molecule has 0 aliphatic carbocycles. The lowest BCUT2D eigenvalue weighted by Gasteiger charge is -2.12. The Labute approximate surface area is 160 Å². The van der Waals surface area contributed by atoms with Gasteiger partial charge in [0.1, 0.15) is 5.82 Å². The van der Waals surface area contributed by atoms with Crippen LogP contribution in [-0.2, 0) is 19.4 Å². The van der Waals surface area contributed by atoms with E-state index in [1.807, 2.05) is 28.8 Å². The lowest BCUT2D eigenvalue weighted by Crippen LogP contribution is -2.37. The molecule has 0 saturated carbocycles. The zero-order valence-corrected chi connectivity index (χ0v) is 16.2. The normalized spacial score (nSPS) is 11.7. The molecule has 2 aromatic heterocycles. The molecule has 2 N–H and O–H groups in total. The van der Waals surface area contributed by atoms with Crippen molar-refractivity contribution < 1.29 is 0 Å². The fourth-order valence-corrected chi connectivity index (χ4v) is 3.08. The summed E-state index contributed by atoms with van der Waals surface area (Å²) in [5.41, 5.74) is 3.54. The predicted molar refractivity (Wildman–Crippen MR) is 110 cm³/mol. The van der Waals surface area contributed by atoms with Crippen LogP contribution in [0.4, 0.5) is 0 Å². The van der Waals surface area contributed by atoms with Gasteiger partial charge in [-0.05, 0) is 43.0 Å². The highest BCUT2D eigenvalue weighted by atomic mass is 15.2. The van der Waals surface area contributed by atoms with E-state index in [0.29, 0.717) is 6.54 Å². The molecule has 6 nitrogen and oxygen atoms in total. The van der Waals surface area contributed by atoms with Gasteiger partial charge in [-0.3, -0.25) is 4.40 Å². The van der Waals surface area contributed by atoms with Crippen LogP contribution in [0.25, 0.3) is 5.65 Å². The summed E-state index contributed by atoms with van der Waals surface area (Å²) in [4.78, 5) is 4.74. The van der Waals surface area contributed by atoms with Crippen molar-refractivity contribution in [3.63, 3.8) is 0 Å². The van der Waals surface area contributed by atoms with Gasteiger partial charge in [0.25, 0.3) is 0 Å². The second-order valence-corrected chi connectivity index (χ2v) is 6.39. The number of guanidine groups is 1. The highest BCUT2D eigenvalue weighted by molar-refractivity contribution is 5.79. The molecule has 0 aliphatic heterocycles. The van der Waals surface area contributed by atoms with Gasteiger partial charge in [-0.25, -0.2) is 4.99 Å². The second-order valence-electron chi connectivity index (χ2n) is 6.39. The molecule has 1 aromatic carbocycles. The van der Waals surface area contributed by atoms with Crippen molar-refractivity contribution >= 4 is 11.6 Å². The van der Waals surface area contributed by atoms with Gasteiger partial charge in [-0.15, -0.1) is 10.2 Å². The molecule has 142 valence electrons. The van der Waals surface area contributed by atoms with Gasteiger partial charge in [0.15, 0.2) is 11.6 Å². The molecule has 6 heteroatoms. The third-order valence-corrected chi connectivity index (χ3v) is 4.50. The summed E-state index contributed by atoms with van der Waals surface area (Å²) in [5, 5.41) is 15.2. The molecule has 0 atom stereocenters. The maximum atomic E-state index is 4.74. The van der Waals surface area contributed by atoms with E-state index in [9.17, 15) is 0 Å². The first kappa shape index (κ1) is 18.9. The quantitative estimate of drug-likeness (QED) is 0.366. The molecule has 0 radical (unpaired) electrons. The van der Waals surface area contributed by atoms with Gasteiger partial charge >= 0.3 is 0 Å². The molecular formula is C21H28N6. The Kier molecular flexibility index (Phi) is 6.79. The van der Waals surface area contributed by atoms with Crippen LogP contribution >= 0.6 is 0 Å². The Morgan fingerprint density at radius 2 is 1.81 bits per heavy atom. The smallest absolute Gasteiger partial charge is 0.191 e. The minimum absolute atomic E-state index is 0.689. The molecule has 0 unspecified atom stereocenters.